The minimum Gasteiger partial charge on any atom is -0.494 e. The Labute approximate surface area is 186 Å². The lowest BCUT2D eigenvalue weighted by Crippen LogP contribution is -2.08. The van der Waals surface area contributed by atoms with Crippen molar-refractivity contribution in [2.24, 2.45) is 0 Å². The minimum absolute atomic E-state index is 0.00556. The number of aryl methyl sites for hydroxylation is 1. The van der Waals surface area contributed by atoms with Crippen LogP contribution in [0.2, 0.25) is 0 Å². The molecule has 6 nitrogen and oxygen atoms in total. The lowest BCUT2D eigenvalue weighted by atomic mass is 10.0. The molecular formula is C25H24FNO5. The molecule has 0 saturated heterocycles. The maximum atomic E-state index is 13.7. The van der Waals surface area contributed by atoms with Gasteiger partial charge in [0, 0.05) is 24.0 Å². The van der Waals surface area contributed by atoms with Crippen molar-refractivity contribution in [3.8, 4) is 28.5 Å². The lowest BCUT2D eigenvalue weighted by molar-refractivity contribution is 0.0915. The molecular weight excluding hydrogens is 413 g/mol. The average molecular weight is 437 g/mol. The molecule has 0 radical (unpaired) electrons. The zero-order valence-electron chi connectivity index (χ0n) is 18.4. The van der Waals surface area contributed by atoms with Gasteiger partial charge in [0.15, 0.2) is 23.1 Å². The van der Waals surface area contributed by atoms with Crippen LogP contribution < -0.4 is 14.2 Å². The molecule has 1 aromatic heterocycles. The number of ether oxygens (including phenoxy) is 3. The van der Waals surface area contributed by atoms with E-state index in [1.807, 2.05) is 0 Å². The fourth-order valence-electron chi connectivity index (χ4n) is 3.27. The largest absolute Gasteiger partial charge is 0.494 e. The first-order valence-corrected chi connectivity index (χ1v) is 9.98. The quantitative estimate of drug-likeness (QED) is 0.435. The molecule has 0 atom stereocenters. The van der Waals surface area contributed by atoms with Crippen LogP contribution in [0.4, 0.5) is 4.39 Å². The third kappa shape index (κ3) is 4.94. The summed E-state index contributed by atoms with van der Waals surface area (Å²) >= 11 is 0. The number of pyridine rings is 1. The van der Waals surface area contributed by atoms with E-state index >= 15 is 0 Å². The number of rotatable bonds is 9. The highest BCUT2D eigenvalue weighted by molar-refractivity contribution is 6.02. The molecule has 0 aliphatic heterocycles. The number of Topliss-reactive ketones (excluding diaryl/α,β-unsaturated/α-hetero) is 2. The van der Waals surface area contributed by atoms with Crippen LogP contribution in [-0.2, 0) is 0 Å². The van der Waals surface area contributed by atoms with Gasteiger partial charge in [-0.2, -0.15) is 0 Å². The molecule has 0 amide bonds. The Morgan fingerprint density at radius 1 is 0.812 bits per heavy atom. The number of hydrogen-bond acceptors (Lipinski definition) is 6. The number of hydrogen-bond donors (Lipinski definition) is 0. The van der Waals surface area contributed by atoms with E-state index in [4.69, 9.17) is 14.2 Å². The van der Waals surface area contributed by atoms with Crippen LogP contribution in [0.5, 0.6) is 17.2 Å². The van der Waals surface area contributed by atoms with Crippen molar-refractivity contribution in [3.05, 3.63) is 71.2 Å². The average Bonchev–Trinajstić information content (AvgIpc) is 2.83. The Balaban J connectivity index is 1.78. The van der Waals surface area contributed by atoms with E-state index in [0.29, 0.717) is 39.6 Å². The SMILES string of the molecule is COc1ccc(C(=O)CCC(=O)c2ccc(OC)c(-c3ccc(F)c(C)c3)n2)cc1OC. The summed E-state index contributed by atoms with van der Waals surface area (Å²) in [6.07, 6.45) is 0.0153. The standard InChI is InChI=1S/C25H24FNO5/c1-15-13-17(5-7-18(15)26)25-23(31-3)12-8-19(27-25)21(29)10-9-20(28)16-6-11-22(30-2)24(14-16)32-4/h5-8,11-14H,9-10H2,1-4H3. The third-order valence-electron chi connectivity index (χ3n) is 5.08. The first kappa shape index (κ1) is 22.9. The van der Waals surface area contributed by atoms with Gasteiger partial charge in [-0.3, -0.25) is 9.59 Å². The summed E-state index contributed by atoms with van der Waals surface area (Å²) in [4.78, 5) is 29.8. The number of nitrogens with zero attached hydrogens (tertiary/aromatic N) is 1. The second-order valence-electron chi connectivity index (χ2n) is 7.13. The number of aromatic nitrogens is 1. The predicted molar refractivity (Wildman–Crippen MR) is 118 cm³/mol. The zero-order chi connectivity index (χ0) is 23.3. The van der Waals surface area contributed by atoms with Crippen LogP contribution in [0.3, 0.4) is 0 Å². The Morgan fingerprint density at radius 3 is 2.12 bits per heavy atom. The molecule has 0 N–H and O–H groups in total. The normalized spacial score (nSPS) is 10.5. The highest BCUT2D eigenvalue weighted by atomic mass is 19.1. The van der Waals surface area contributed by atoms with Crippen LogP contribution in [0.1, 0.15) is 39.3 Å². The summed E-state index contributed by atoms with van der Waals surface area (Å²) in [5.74, 6) is 0.637. The van der Waals surface area contributed by atoms with Crippen LogP contribution in [-0.4, -0.2) is 37.9 Å². The number of methoxy groups -OCH3 is 3. The summed E-state index contributed by atoms with van der Waals surface area (Å²) in [6.45, 7) is 1.65. The molecule has 0 saturated carbocycles. The topological polar surface area (TPSA) is 74.7 Å². The molecule has 0 spiro atoms. The molecule has 3 aromatic rings. The Morgan fingerprint density at radius 2 is 1.47 bits per heavy atom. The van der Waals surface area contributed by atoms with E-state index in [0.717, 1.165) is 0 Å². The molecule has 2 aromatic carbocycles. The van der Waals surface area contributed by atoms with Gasteiger partial charge in [0.25, 0.3) is 0 Å². The molecule has 7 heteroatoms. The Kier molecular flexibility index (Phi) is 7.20. The Bertz CT molecular complexity index is 1160. The summed E-state index contributed by atoms with van der Waals surface area (Å²) < 4.78 is 29.4. The molecule has 3 rings (SSSR count). The second-order valence-corrected chi connectivity index (χ2v) is 7.13. The molecule has 32 heavy (non-hydrogen) atoms. The van der Waals surface area contributed by atoms with Crippen molar-refractivity contribution in [3.63, 3.8) is 0 Å². The van der Waals surface area contributed by atoms with Gasteiger partial charge in [0.1, 0.15) is 23.0 Å². The predicted octanol–water partition coefficient (Wildman–Crippen LogP) is 5.07. The van der Waals surface area contributed by atoms with Crippen LogP contribution >= 0.6 is 0 Å². The minimum atomic E-state index is -0.325. The summed E-state index contributed by atoms with van der Waals surface area (Å²) in [5, 5.41) is 0. The molecule has 0 fully saturated rings. The number of benzene rings is 2. The van der Waals surface area contributed by atoms with Gasteiger partial charge in [0.05, 0.1) is 21.3 Å². The molecule has 0 aliphatic rings. The van der Waals surface area contributed by atoms with Gasteiger partial charge in [-0.25, -0.2) is 9.37 Å². The second kappa shape index (κ2) is 10.0. The van der Waals surface area contributed by atoms with E-state index in [1.54, 1.807) is 49.4 Å². The van der Waals surface area contributed by atoms with E-state index < -0.39 is 0 Å². The highest BCUT2D eigenvalue weighted by Crippen LogP contribution is 2.30. The fourth-order valence-corrected chi connectivity index (χ4v) is 3.27. The van der Waals surface area contributed by atoms with Gasteiger partial charge in [-0.15, -0.1) is 0 Å². The monoisotopic (exact) mass is 437 g/mol. The van der Waals surface area contributed by atoms with Crippen LogP contribution in [0.15, 0.2) is 48.5 Å². The van der Waals surface area contributed by atoms with Crippen molar-refractivity contribution in [2.75, 3.05) is 21.3 Å². The first-order chi connectivity index (χ1) is 15.4. The first-order valence-electron chi connectivity index (χ1n) is 9.98. The van der Waals surface area contributed by atoms with Crippen molar-refractivity contribution in [2.45, 2.75) is 19.8 Å². The van der Waals surface area contributed by atoms with E-state index in [2.05, 4.69) is 4.98 Å². The van der Waals surface area contributed by atoms with E-state index in [1.165, 1.54) is 27.4 Å². The number of carbonyl (C=O) groups excluding carboxylic acids is 2. The highest BCUT2D eigenvalue weighted by Gasteiger charge is 2.17. The molecule has 0 aliphatic carbocycles. The van der Waals surface area contributed by atoms with Crippen molar-refractivity contribution in [1.29, 1.82) is 0 Å². The maximum absolute atomic E-state index is 13.7. The van der Waals surface area contributed by atoms with E-state index in [9.17, 15) is 14.0 Å². The van der Waals surface area contributed by atoms with E-state index in [-0.39, 0.29) is 35.9 Å². The summed E-state index contributed by atoms with van der Waals surface area (Å²) in [5.41, 5.74) is 2.18. The smallest absolute Gasteiger partial charge is 0.181 e. The number of ketones is 2. The maximum Gasteiger partial charge on any atom is 0.181 e. The van der Waals surface area contributed by atoms with Crippen molar-refractivity contribution < 1.29 is 28.2 Å². The Hall–Kier alpha value is -3.74. The number of carbonyl (C=O) groups is 2. The van der Waals surface area contributed by atoms with Crippen LogP contribution in [0, 0.1) is 12.7 Å². The lowest BCUT2D eigenvalue weighted by Gasteiger charge is -2.11. The van der Waals surface area contributed by atoms with Gasteiger partial charge in [0.2, 0.25) is 0 Å². The molecule has 0 bridgehead atoms. The fraction of sp³-hybridized carbons (Fsp3) is 0.240. The third-order valence-corrected chi connectivity index (χ3v) is 5.08. The van der Waals surface area contributed by atoms with Gasteiger partial charge in [-0.05, 0) is 61.0 Å². The summed E-state index contributed by atoms with van der Waals surface area (Å²) in [6, 6.07) is 12.7. The zero-order valence-corrected chi connectivity index (χ0v) is 18.4. The summed E-state index contributed by atoms with van der Waals surface area (Å²) in [7, 11) is 4.51. The number of halogens is 1. The van der Waals surface area contributed by atoms with Crippen molar-refractivity contribution >= 4 is 11.6 Å². The van der Waals surface area contributed by atoms with Crippen LogP contribution in [0.25, 0.3) is 11.3 Å². The van der Waals surface area contributed by atoms with Crippen molar-refractivity contribution in [1.82, 2.24) is 4.98 Å². The molecule has 1 heterocycles. The van der Waals surface area contributed by atoms with Gasteiger partial charge < -0.3 is 14.2 Å². The van der Waals surface area contributed by atoms with Gasteiger partial charge in [-0.1, -0.05) is 0 Å². The molecule has 0 unspecified atom stereocenters. The van der Waals surface area contributed by atoms with Gasteiger partial charge >= 0.3 is 0 Å². The molecule has 166 valence electrons.